The van der Waals surface area contributed by atoms with Crippen LogP contribution in [0.2, 0.25) is 0 Å². The highest BCUT2D eigenvalue weighted by Crippen LogP contribution is 2.64. The summed E-state index contributed by atoms with van der Waals surface area (Å²) in [6.45, 7) is 9.56. The lowest BCUT2D eigenvalue weighted by Crippen LogP contribution is -2.29. The third kappa shape index (κ3) is 4.35. The van der Waals surface area contributed by atoms with Crippen molar-refractivity contribution in [3.63, 3.8) is 0 Å². The molecule has 6 aromatic rings. The topological polar surface area (TPSA) is 0 Å². The second-order valence-corrected chi connectivity index (χ2v) is 14.8. The maximum Gasteiger partial charge on any atom is 0.0443 e. The molecule has 0 saturated heterocycles. The van der Waals surface area contributed by atoms with Crippen LogP contribution in [0.3, 0.4) is 0 Å². The Morgan fingerprint density at radius 2 is 1.35 bits per heavy atom. The number of hydrogen-bond acceptors (Lipinski definition) is 0. The van der Waals surface area contributed by atoms with E-state index in [-0.39, 0.29) is 11.3 Å². The zero-order valence-electron chi connectivity index (χ0n) is 29.4. The van der Waals surface area contributed by atoms with E-state index in [9.17, 15) is 0 Å². The van der Waals surface area contributed by atoms with Crippen LogP contribution >= 0.6 is 0 Å². The fourth-order valence-electron chi connectivity index (χ4n) is 10.2. The molecule has 2 unspecified atom stereocenters. The van der Waals surface area contributed by atoms with Crippen LogP contribution in [0.5, 0.6) is 0 Å². The Morgan fingerprint density at radius 3 is 2.08 bits per heavy atom. The van der Waals surface area contributed by atoms with Gasteiger partial charge in [-0.25, -0.2) is 0 Å². The van der Waals surface area contributed by atoms with E-state index in [2.05, 4.69) is 155 Å². The Bertz CT molecular complexity index is 2290. The molecule has 3 aliphatic rings. The summed E-state index contributed by atoms with van der Waals surface area (Å²) < 4.78 is 0. The second kappa shape index (κ2) is 11.7. The van der Waals surface area contributed by atoms with Gasteiger partial charge in [-0.15, -0.1) is 0 Å². The molecule has 3 aliphatic carbocycles. The van der Waals surface area contributed by atoms with E-state index in [1.165, 1.54) is 91.7 Å². The fourth-order valence-corrected chi connectivity index (χ4v) is 10.2. The van der Waals surface area contributed by atoms with Gasteiger partial charge in [-0.2, -0.15) is 0 Å². The maximum absolute atomic E-state index is 2.77. The average Bonchev–Trinajstić information content (AvgIpc) is 3.43. The standard InChI is InChI=1S/C49H46/c1-5-31(6-2)36-27-37(32(7-3)8-4)30-49(29-36)43-26-25-35-21-15-24-40-44(34-19-13-10-14-20-34)42-28-41-38(33-17-11-9-12-18-33)22-16-23-39(41)48(49)46(42)47(43)45(35)40/h9-29,31-32,44H,5-8,30H2,1-4H3. The van der Waals surface area contributed by atoms with Gasteiger partial charge in [-0.3, -0.25) is 0 Å². The molecule has 0 bridgehead atoms. The van der Waals surface area contributed by atoms with E-state index >= 15 is 0 Å². The smallest absolute Gasteiger partial charge is 0.0443 e. The van der Waals surface area contributed by atoms with Gasteiger partial charge < -0.3 is 0 Å². The van der Waals surface area contributed by atoms with Crippen LogP contribution in [0.25, 0.3) is 43.8 Å². The van der Waals surface area contributed by atoms with E-state index in [0.29, 0.717) is 11.8 Å². The summed E-state index contributed by atoms with van der Waals surface area (Å²) in [5.41, 5.74) is 16.0. The van der Waals surface area contributed by atoms with Gasteiger partial charge in [0.05, 0.1) is 0 Å². The molecule has 6 aromatic carbocycles. The van der Waals surface area contributed by atoms with E-state index in [4.69, 9.17) is 0 Å². The molecule has 242 valence electrons. The lowest BCUT2D eigenvalue weighted by molar-refractivity contribution is 0.491. The van der Waals surface area contributed by atoms with E-state index in [1.807, 2.05) is 0 Å². The predicted molar refractivity (Wildman–Crippen MR) is 209 cm³/mol. The van der Waals surface area contributed by atoms with E-state index in [1.54, 1.807) is 16.7 Å². The number of hydrogen-bond donors (Lipinski definition) is 0. The van der Waals surface area contributed by atoms with Crippen LogP contribution in [0.4, 0.5) is 0 Å². The monoisotopic (exact) mass is 634 g/mol. The lowest BCUT2D eigenvalue weighted by atomic mass is 9.64. The Balaban J connectivity index is 1.48. The molecule has 0 heterocycles. The van der Waals surface area contributed by atoms with Crippen LogP contribution in [-0.4, -0.2) is 0 Å². The summed E-state index contributed by atoms with van der Waals surface area (Å²) in [7, 11) is 0. The van der Waals surface area contributed by atoms with E-state index in [0.717, 1.165) is 6.42 Å². The third-order valence-electron chi connectivity index (χ3n) is 12.5. The average molecular weight is 635 g/mol. The summed E-state index contributed by atoms with van der Waals surface area (Å²) in [4.78, 5) is 0. The molecule has 0 saturated carbocycles. The van der Waals surface area contributed by atoms with Crippen molar-refractivity contribution >= 4 is 21.5 Å². The van der Waals surface area contributed by atoms with Crippen LogP contribution in [0.1, 0.15) is 93.5 Å². The molecule has 0 amide bonds. The minimum Gasteiger partial charge on any atom is -0.0657 e. The van der Waals surface area contributed by atoms with Crippen molar-refractivity contribution in [2.45, 2.75) is 71.1 Å². The highest BCUT2D eigenvalue weighted by atomic mass is 14.5. The molecule has 0 nitrogen and oxygen atoms in total. The van der Waals surface area contributed by atoms with Crippen LogP contribution in [0, 0.1) is 11.8 Å². The molecule has 49 heavy (non-hydrogen) atoms. The Kier molecular flexibility index (Phi) is 7.27. The zero-order chi connectivity index (χ0) is 33.3. The normalized spacial score (nSPS) is 18.9. The van der Waals surface area contributed by atoms with Gasteiger partial charge in [0.1, 0.15) is 0 Å². The van der Waals surface area contributed by atoms with Gasteiger partial charge in [0.2, 0.25) is 0 Å². The van der Waals surface area contributed by atoms with Crippen molar-refractivity contribution in [2.24, 2.45) is 11.8 Å². The van der Waals surface area contributed by atoms with Gasteiger partial charge in [0.15, 0.2) is 0 Å². The molecule has 0 fully saturated rings. The largest absolute Gasteiger partial charge is 0.0657 e. The lowest BCUT2D eigenvalue weighted by Gasteiger charge is -2.38. The summed E-state index contributed by atoms with van der Waals surface area (Å²) in [5, 5.41) is 5.62. The molecule has 0 N–H and O–H groups in total. The molecular formula is C49H46. The van der Waals surface area contributed by atoms with Crippen LogP contribution in [0.15, 0.2) is 139 Å². The molecule has 0 aromatic heterocycles. The number of benzene rings is 6. The Labute approximate surface area is 292 Å². The summed E-state index contributed by atoms with van der Waals surface area (Å²) in [6.07, 6.45) is 11.2. The minimum atomic E-state index is -0.217. The number of rotatable bonds is 8. The quantitative estimate of drug-likeness (QED) is 0.156. The van der Waals surface area contributed by atoms with Crippen molar-refractivity contribution in [1.29, 1.82) is 0 Å². The van der Waals surface area contributed by atoms with Crippen molar-refractivity contribution in [1.82, 2.24) is 0 Å². The number of fused-ring (bicyclic) bond motifs is 4. The second-order valence-electron chi connectivity index (χ2n) is 14.8. The van der Waals surface area contributed by atoms with Gasteiger partial charge in [-0.05, 0) is 127 Å². The molecule has 1 spiro atoms. The highest BCUT2D eigenvalue weighted by molar-refractivity contribution is 6.14. The van der Waals surface area contributed by atoms with Crippen molar-refractivity contribution < 1.29 is 0 Å². The maximum atomic E-state index is 2.77. The molecule has 0 heteroatoms. The third-order valence-corrected chi connectivity index (χ3v) is 12.5. The SMILES string of the molecule is CCC(CC)C1=CC2(CC(C(CC)CC)=C1)c1ccc3cccc4c3c1-c1c(cc3c(-c5ccccc5)cccc3c12)C4c1ccccc1. The first kappa shape index (κ1) is 30.4. The first-order valence-corrected chi connectivity index (χ1v) is 18.8. The Morgan fingerprint density at radius 1 is 0.633 bits per heavy atom. The molecular weight excluding hydrogens is 589 g/mol. The van der Waals surface area contributed by atoms with Crippen molar-refractivity contribution in [3.05, 3.63) is 166 Å². The molecule has 9 rings (SSSR count). The summed E-state index contributed by atoms with van der Waals surface area (Å²) >= 11 is 0. The molecule has 2 atom stereocenters. The van der Waals surface area contributed by atoms with Gasteiger partial charge in [0.25, 0.3) is 0 Å². The van der Waals surface area contributed by atoms with Crippen LogP contribution in [-0.2, 0) is 5.41 Å². The summed E-state index contributed by atoms with van der Waals surface area (Å²) in [5.74, 6) is 1.32. The van der Waals surface area contributed by atoms with Gasteiger partial charge in [0, 0.05) is 11.3 Å². The first-order valence-electron chi connectivity index (χ1n) is 18.8. The van der Waals surface area contributed by atoms with Crippen molar-refractivity contribution in [2.75, 3.05) is 0 Å². The van der Waals surface area contributed by atoms with Crippen molar-refractivity contribution in [3.8, 4) is 22.3 Å². The van der Waals surface area contributed by atoms with E-state index < -0.39 is 0 Å². The Hall–Kier alpha value is -4.68. The molecule has 0 radical (unpaired) electrons. The number of allylic oxidation sites excluding steroid dienone is 4. The van der Waals surface area contributed by atoms with Gasteiger partial charge >= 0.3 is 0 Å². The first-order chi connectivity index (χ1) is 24.1. The van der Waals surface area contributed by atoms with Gasteiger partial charge in [-0.1, -0.05) is 155 Å². The molecule has 0 aliphatic heterocycles. The predicted octanol–water partition coefficient (Wildman–Crippen LogP) is 13.5. The fraction of sp³-hybridized carbons (Fsp3) is 0.265. The highest BCUT2D eigenvalue weighted by Gasteiger charge is 2.49. The summed E-state index contributed by atoms with van der Waals surface area (Å²) in [6, 6.07) is 44.1. The van der Waals surface area contributed by atoms with Crippen LogP contribution < -0.4 is 0 Å². The zero-order valence-corrected chi connectivity index (χ0v) is 29.4. The minimum absolute atomic E-state index is 0.171.